The Hall–Kier alpha value is -3.78. The molecule has 1 fully saturated rings. The molecule has 0 saturated carbocycles. The van der Waals surface area contributed by atoms with Crippen LogP contribution in [0.2, 0.25) is 5.02 Å². The number of para-hydroxylation sites is 1. The second-order valence-electron chi connectivity index (χ2n) is 8.76. The van der Waals surface area contributed by atoms with Crippen molar-refractivity contribution in [1.29, 1.82) is 0 Å². The SMILES string of the molecule is COc1cccc(NC(=O)C2Cc3cc([N+](=O)[O-])ccc3N3CCN(c4ccccc4Cl)CC23)c1. The number of rotatable bonds is 5. The van der Waals surface area contributed by atoms with E-state index in [0.29, 0.717) is 36.0 Å². The lowest BCUT2D eigenvalue weighted by Crippen LogP contribution is -2.60. The number of nitrogens with zero attached hydrogens (tertiary/aromatic N) is 3. The Labute approximate surface area is 208 Å². The number of piperazine rings is 1. The van der Waals surface area contributed by atoms with Crippen molar-refractivity contribution >= 4 is 40.3 Å². The standard InChI is InChI=1S/C26H25ClN4O4/c1-35-20-6-4-5-18(15-20)28-26(32)21-14-17-13-19(31(33)34)9-10-23(17)30-12-11-29(16-25(21)30)24-8-3-2-7-22(24)27/h2-10,13,15,21,25H,11-12,14,16H2,1H3,(H,28,32). The largest absolute Gasteiger partial charge is 0.497 e. The Bertz CT molecular complexity index is 1280. The summed E-state index contributed by atoms with van der Waals surface area (Å²) in [5.41, 5.74) is 3.38. The summed E-state index contributed by atoms with van der Waals surface area (Å²) in [7, 11) is 1.58. The summed E-state index contributed by atoms with van der Waals surface area (Å²) in [6, 6.07) is 19.7. The summed E-state index contributed by atoms with van der Waals surface area (Å²) in [6.45, 7) is 2.00. The molecule has 0 spiro atoms. The molecule has 0 bridgehead atoms. The maximum Gasteiger partial charge on any atom is 0.269 e. The normalized spacial score (nSPS) is 18.9. The molecule has 9 heteroatoms. The average molecular weight is 493 g/mol. The van der Waals surface area contributed by atoms with Gasteiger partial charge >= 0.3 is 0 Å². The highest BCUT2D eigenvalue weighted by Crippen LogP contribution is 2.39. The predicted molar refractivity (Wildman–Crippen MR) is 137 cm³/mol. The quantitative estimate of drug-likeness (QED) is 0.408. The van der Waals surface area contributed by atoms with Gasteiger partial charge < -0.3 is 19.9 Å². The Morgan fingerprint density at radius 3 is 2.69 bits per heavy atom. The summed E-state index contributed by atoms with van der Waals surface area (Å²) < 4.78 is 5.28. The third-order valence-corrected chi connectivity index (χ3v) is 7.09. The van der Waals surface area contributed by atoms with Gasteiger partial charge in [-0.15, -0.1) is 0 Å². The first-order valence-electron chi connectivity index (χ1n) is 11.4. The molecule has 0 aliphatic carbocycles. The van der Waals surface area contributed by atoms with Crippen molar-refractivity contribution in [2.24, 2.45) is 5.92 Å². The number of fused-ring (bicyclic) bond motifs is 3. The molecule has 3 aromatic rings. The Morgan fingerprint density at radius 1 is 1.09 bits per heavy atom. The molecule has 0 aromatic heterocycles. The molecule has 2 unspecified atom stereocenters. The monoisotopic (exact) mass is 492 g/mol. The Morgan fingerprint density at radius 2 is 1.91 bits per heavy atom. The van der Waals surface area contributed by atoms with Gasteiger partial charge in [-0.25, -0.2) is 0 Å². The van der Waals surface area contributed by atoms with Crippen LogP contribution in [-0.4, -0.2) is 43.6 Å². The van der Waals surface area contributed by atoms with E-state index >= 15 is 0 Å². The molecule has 1 saturated heterocycles. The minimum Gasteiger partial charge on any atom is -0.497 e. The minimum absolute atomic E-state index is 0.0313. The number of carbonyl (C=O) groups excluding carboxylic acids is 1. The highest BCUT2D eigenvalue weighted by Gasteiger charge is 2.42. The highest BCUT2D eigenvalue weighted by atomic mass is 35.5. The molecule has 1 amide bonds. The lowest BCUT2D eigenvalue weighted by Gasteiger charge is -2.49. The molecular weight excluding hydrogens is 468 g/mol. The molecular formula is C26H25ClN4O4. The number of carbonyl (C=O) groups is 1. The van der Waals surface area contributed by atoms with Gasteiger partial charge in [0.25, 0.3) is 5.69 Å². The number of benzene rings is 3. The van der Waals surface area contributed by atoms with Crippen LogP contribution in [0.5, 0.6) is 5.75 Å². The van der Waals surface area contributed by atoms with Gasteiger partial charge in [0.15, 0.2) is 0 Å². The molecule has 2 aliphatic rings. The summed E-state index contributed by atoms with van der Waals surface area (Å²) >= 11 is 6.49. The molecule has 1 N–H and O–H groups in total. The number of nitrogens with one attached hydrogen (secondary N) is 1. The van der Waals surface area contributed by atoms with Crippen LogP contribution in [0.1, 0.15) is 5.56 Å². The van der Waals surface area contributed by atoms with Crippen LogP contribution in [0.25, 0.3) is 0 Å². The molecule has 35 heavy (non-hydrogen) atoms. The fourth-order valence-electron chi connectivity index (χ4n) is 5.09. The van der Waals surface area contributed by atoms with Gasteiger partial charge in [0, 0.05) is 49.2 Å². The first kappa shape index (κ1) is 23.0. The van der Waals surface area contributed by atoms with E-state index in [9.17, 15) is 14.9 Å². The molecule has 2 atom stereocenters. The Balaban J connectivity index is 1.49. The topological polar surface area (TPSA) is 87.9 Å². The van der Waals surface area contributed by atoms with Crippen molar-refractivity contribution in [3.05, 3.63) is 87.4 Å². The van der Waals surface area contributed by atoms with Crippen molar-refractivity contribution in [3.63, 3.8) is 0 Å². The van der Waals surface area contributed by atoms with Gasteiger partial charge in [-0.1, -0.05) is 29.8 Å². The first-order chi connectivity index (χ1) is 16.9. The van der Waals surface area contributed by atoms with Gasteiger partial charge in [0.05, 0.1) is 34.7 Å². The number of halogens is 1. The maximum atomic E-state index is 13.6. The zero-order chi connectivity index (χ0) is 24.5. The lowest BCUT2D eigenvalue weighted by atomic mass is 9.83. The van der Waals surface area contributed by atoms with E-state index in [2.05, 4.69) is 15.1 Å². The van der Waals surface area contributed by atoms with Crippen LogP contribution in [0, 0.1) is 16.0 Å². The average Bonchev–Trinajstić information content (AvgIpc) is 2.87. The van der Waals surface area contributed by atoms with E-state index in [-0.39, 0.29) is 17.6 Å². The van der Waals surface area contributed by atoms with Gasteiger partial charge in [-0.3, -0.25) is 14.9 Å². The third-order valence-electron chi connectivity index (χ3n) is 6.77. The van der Waals surface area contributed by atoms with E-state index in [0.717, 1.165) is 23.5 Å². The van der Waals surface area contributed by atoms with Crippen molar-refractivity contribution in [2.45, 2.75) is 12.5 Å². The molecule has 0 radical (unpaired) electrons. The van der Waals surface area contributed by atoms with E-state index in [1.165, 1.54) is 6.07 Å². The summed E-state index contributed by atoms with van der Waals surface area (Å²) in [5.74, 6) is 0.101. The lowest BCUT2D eigenvalue weighted by molar-refractivity contribution is -0.384. The zero-order valence-electron chi connectivity index (χ0n) is 19.2. The molecule has 2 aliphatic heterocycles. The smallest absolute Gasteiger partial charge is 0.269 e. The van der Waals surface area contributed by atoms with Crippen LogP contribution < -0.4 is 19.9 Å². The fourth-order valence-corrected chi connectivity index (χ4v) is 5.34. The molecule has 8 nitrogen and oxygen atoms in total. The van der Waals surface area contributed by atoms with Gasteiger partial charge in [0.1, 0.15) is 5.75 Å². The molecule has 180 valence electrons. The molecule has 5 rings (SSSR count). The number of non-ortho nitro benzene ring substituents is 1. The van der Waals surface area contributed by atoms with Crippen LogP contribution >= 0.6 is 11.6 Å². The summed E-state index contributed by atoms with van der Waals surface area (Å²) in [6.07, 6.45) is 0.407. The number of anilines is 3. The Kier molecular flexibility index (Phi) is 6.21. The van der Waals surface area contributed by atoms with Crippen molar-refractivity contribution in [2.75, 3.05) is 41.9 Å². The van der Waals surface area contributed by atoms with E-state index < -0.39 is 10.8 Å². The second-order valence-corrected chi connectivity index (χ2v) is 9.17. The fraction of sp³-hybridized carbons (Fsp3) is 0.269. The second kappa shape index (κ2) is 9.46. The number of methoxy groups -OCH3 is 1. The van der Waals surface area contributed by atoms with Crippen molar-refractivity contribution < 1.29 is 14.5 Å². The van der Waals surface area contributed by atoms with E-state index in [1.807, 2.05) is 48.5 Å². The van der Waals surface area contributed by atoms with Gasteiger partial charge in [-0.2, -0.15) is 0 Å². The van der Waals surface area contributed by atoms with Crippen LogP contribution in [0.4, 0.5) is 22.7 Å². The molecule has 2 heterocycles. The predicted octanol–water partition coefficient (Wildman–Crippen LogP) is 4.76. The van der Waals surface area contributed by atoms with Crippen LogP contribution in [0.3, 0.4) is 0 Å². The first-order valence-corrected chi connectivity index (χ1v) is 11.8. The van der Waals surface area contributed by atoms with Crippen LogP contribution in [0.15, 0.2) is 66.7 Å². The summed E-state index contributed by atoms with van der Waals surface area (Å²) in [5, 5.41) is 15.1. The van der Waals surface area contributed by atoms with Gasteiger partial charge in [-0.05, 0) is 42.3 Å². The van der Waals surface area contributed by atoms with Crippen LogP contribution in [-0.2, 0) is 11.2 Å². The number of hydrogen-bond acceptors (Lipinski definition) is 6. The number of nitro benzene ring substituents is 1. The third kappa shape index (κ3) is 4.49. The van der Waals surface area contributed by atoms with Crippen molar-refractivity contribution in [3.8, 4) is 5.75 Å². The van der Waals surface area contributed by atoms with Crippen molar-refractivity contribution in [1.82, 2.24) is 0 Å². The van der Waals surface area contributed by atoms with E-state index in [4.69, 9.17) is 16.3 Å². The highest BCUT2D eigenvalue weighted by molar-refractivity contribution is 6.33. The number of nitro groups is 1. The number of hydrogen-bond donors (Lipinski definition) is 1. The number of ether oxygens (including phenoxy) is 1. The minimum atomic E-state index is -0.416. The maximum absolute atomic E-state index is 13.6. The van der Waals surface area contributed by atoms with E-state index in [1.54, 1.807) is 19.2 Å². The molecule has 3 aromatic carbocycles. The van der Waals surface area contributed by atoms with Gasteiger partial charge in [0.2, 0.25) is 5.91 Å². The number of amides is 1. The summed E-state index contributed by atoms with van der Waals surface area (Å²) in [4.78, 5) is 29.0. The zero-order valence-corrected chi connectivity index (χ0v) is 19.9.